The van der Waals surface area contributed by atoms with Gasteiger partial charge in [0.15, 0.2) is 10.8 Å². The van der Waals surface area contributed by atoms with Gasteiger partial charge in [0, 0.05) is 23.3 Å². The monoisotopic (exact) mass is 512 g/mol. The van der Waals surface area contributed by atoms with Crippen molar-refractivity contribution in [1.29, 1.82) is 10.8 Å². The Labute approximate surface area is 199 Å². The van der Waals surface area contributed by atoms with Crippen molar-refractivity contribution in [2.45, 2.75) is 25.9 Å². The normalized spacial score (nSPS) is 14.6. The first-order chi connectivity index (χ1) is 16.1. The Morgan fingerprint density at radius 2 is 2.06 bits per heavy atom. The quantitative estimate of drug-likeness (QED) is 0.285. The Hall–Kier alpha value is -3.33. The van der Waals surface area contributed by atoms with Crippen molar-refractivity contribution in [2.24, 2.45) is 0 Å². The van der Waals surface area contributed by atoms with Crippen molar-refractivity contribution in [2.75, 3.05) is 29.9 Å². The molecule has 4 heterocycles. The number of anilines is 3. The molecule has 0 unspecified atom stereocenters. The smallest absolute Gasteiger partial charge is 0.449 e. The standard InChI is InChI=1S/C19H19F3N8O2S2/c1-2-3-9-6-10-13(29-4-5-30(12(23)7-29)16(24)19(20,21)22)26-17(27-14(10)34-9)28-18-25-11(8-33-18)15(31)32/h6,8,23-24H,2-5,7H2,1H3,(H,31,32)(H,25,26,27,28). The summed E-state index contributed by atoms with van der Waals surface area (Å²) in [5.74, 6) is -2.47. The summed E-state index contributed by atoms with van der Waals surface area (Å²) < 4.78 is 38.9. The largest absolute Gasteiger partial charge is 0.476 e. The SMILES string of the molecule is CCCc1cc2c(N3CCN(C(=N)C(F)(F)F)C(=N)C3)nc(Nc3nc(C(=O)O)cs3)nc2s1. The molecule has 0 aromatic carbocycles. The van der Waals surface area contributed by atoms with Crippen LogP contribution in [-0.4, -0.2) is 68.4 Å². The number of thiophene rings is 1. The van der Waals surface area contributed by atoms with Gasteiger partial charge in [0.1, 0.15) is 16.5 Å². The molecule has 10 nitrogen and oxygen atoms in total. The molecule has 1 aliphatic rings. The van der Waals surface area contributed by atoms with Crippen LogP contribution >= 0.6 is 22.7 Å². The summed E-state index contributed by atoms with van der Waals surface area (Å²) in [5, 5.41) is 29.8. The van der Waals surface area contributed by atoms with Crippen LogP contribution in [0.15, 0.2) is 11.4 Å². The Morgan fingerprint density at radius 1 is 1.29 bits per heavy atom. The second-order valence-corrected chi connectivity index (χ2v) is 9.36. The Balaban J connectivity index is 1.67. The number of hydrogen-bond donors (Lipinski definition) is 4. The van der Waals surface area contributed by atoms with E-state index < -0.39 is 18.0 Å². The number of carboxylic acid groups (broad SMARTS) is 1. The lowest BCUT2D eigenvalue weighted by atomic mass is 10.2. The molecule has 1 saturated heterocycles. The molecule has 34 heavy (non-hydrogen) atoms. The van der Waals surface area contributed by atoms with E-state index in [1.807, 2.05) is 13.0 Å². The van der Waals surface area contributed by atoms with E-state index in [9.17, 15) is 18.0 Å². The average Bonchev–Trinajstić information content (AvgIpc) is 3.39. The zero-order valence-electron chi connectivity index (χ0n) is 17.7. The molecule has 4 rings (SSSR count). The van der Waals surface area contributed by atoms with Crippen LogP contribution in [-0.2, 0) is 6.42 Å². The first-order valence-corrected chi connectivity index (χ1v) is 11.8. The highest BCUT2D eigenvalue weighted by Gasteiger charge is 2.41. The first kappa shape index (κ1) is 23.8. The van der Waals surface area contributed by atoms with Gasteiger partial charge in [-0.25, -0.2) is 14.8 Å². The van der Waals surface area contributed by atoms with E-state index in [0.29, 0.717) is 15.5 Å². The number of carboxylic acids is 1. The Morgan fingerprint density at radius 3 is 2.68 bits per heavy atom. The number of nitrogens with zero attached hydrogens (tertiary/aromatic N) is 5. The van der Waals surface area contributed by atoms with Gasteiger partial charge in [0.2, 0.25) is 11.8 Å². The summed E-state index contributed by atoms with van der Waals surface area (Å²) in [4.78, 5) is 28.2. The first-order valence-electron chi connectivity index (χ1n) is 10.1. The summed E-state index contributed by atoms with van der Waals surface area (Å²) in [6.07, 6.45) is -3.09. The number of hydrogen-bond acceptors (Lipinski definition) is 10. The van der Waals surface area contributed by atoms with Crippen LogP contribution in [0.3, 0.4) is 0 Å². The molecule has 180 valence electrons. The average molecular weight is 513 g/mol. The topological polar surface area (TPSA) is 142 Å². The van der Waals surface area contributed by atoms with Crippen LogP contribution < -0.4 is 10.2 Å². The number of piperazine rings is 1. The number of nitrogens with one attached hydrogen (secondary N) is 3. The van der Waals surface area contributed by atoms with Gasteiger partial charge in [0.05, 0.1) is 11.9 Å². The molecule has 0 bridgehead atoms. The third-order valence-electron chi connectivity index (χ3n) is 4.96. The van der Waals surface area contributed by atoms with E-state index in [2.05, 4.69) is 20.3 Å². The van der Waals surface area contributed by atoms with Gasteiger partial charge in [0.25, 0.3) is 0 Å². The van der Waals surface area contributed by atoms with Crippen molar-refractivity contribution >= 4 is 67.4 Å². The number of aromatic nitrogens is 3. The molecule has 15 heteroatoms. The van der Waals surface area contributed by atoms with Crippen LogP contribution in [0.5, 0.6) is 0 Å². The highest BCUT2D eigenvalue weighted by Crippen LogP contribution is 2.34. The number of amidine groups is 2. The molecular formula is C19H19F3N8O2S2. The lowest BCUT2D eigenvalue weighted by Gasteiger charge is -2.37. The van der Waals surface area contributed by atoms with Gasteiger partial charge in [-0.2, -0.15) is 18.2 Å². The number of fused-ring (bicyclic) bond motifs is 1. The zero-order chi connectivity index (χ0) is 24.6. The van der Waals surface area contributed by atoms with Crippen molar-refractivity contribution in [3.8, 4) is 0 Å². The van der Waals surface area contributed by atoms with Crippen LogP contribution in [0.4, 0.5) is 30.1 Å². The molecule has 0 atom stereocenters. The fourth-order valence-corrected chi connectivity index (χ4v) is 5.23. The van der Waals surface area contributed by atoms with E-state index in [0.717, 1.165) is 34.4 Å². The molecule has 3 aromatic rings. The predicted molar refractivity (Wildman–Crippen MR) is 124 cm³/mol. The fraction of sp³-hybridized carbons (Fsp3) is 0.368. The number of halogens is 3. The second-order valence-electron chi connectivity index (χ2n) is 7.39. The number of rotatable bonds is 6. The molecule has 1 fully saturated rings. The number of aryl methyl sites for hydroxylation is 1. The van der Waals surface area contributed by atoms with Gasteiger partial charge in [-0.3, -0.25) is 16.1 Å². The highest BCUT2D eigenvalue weighted by atomic mass is 32.1. The van der Waals surface area contributed by atoms with Gasteiger partial charge in [-0.1, -0.05) is 13.3 Å². The van der Waals surface area contributed by atoms with Crippen molar-refractivity contribution < 1.29 is 23.1 Å². The van der Waals surface area contributed by atoms with E-state index in [-0.39, 0.29) is 42.2 Å². The highest BCUT2D eigenvalue weighted by molar-refractivity contribution is 7.18. The molecule has 0 spiro atoms. The number of carbonyl (C=O) groups is 1. The third-order valence-corrected chi connectivity index (χ3v) is 6.81. The Bertz CT molecular complexity index is 1270. The Kier molecular flexibility index (Phi) is 6.40. The zero-order valence-corrected chi connectivity index (χ0v) is 19.4. The minimum Gasteiger partial charge on any atom is -0.476 e. The number of thiazole rings is 1. The van der Waals surface area contributed by atoms with Crippen molar-refractivity contribution in [3.05, 3.63) is 22.0 Å². The maximum atomic E-state index is 13.0. The fourth-order valence-electron chi connectivity index (χ4n) is 3.43. The molecule has 0 radical (unpaired) electrons. The summed E-state index contributed by atoms with van der Waals surface area (Å²) in [5.41, 5.74) is -0.119. The van der Waals surface area contributed by atoms with Gasteiger partial charge >= 0.3 is 12.1 Å². The van der Waals surface area contributed by atoms with E-state index in [1.54, 1.807) is 4.90 Å². The van der Waals surface area contributed by atoms with E-state index in [4.69, 9.17) is 15.9 Å². The lowest BCUT2D eigenvalue weighted by Crippen LogP contribution is -2.55. The summed E-state index contributed by atoms with van der Waals surface area (Å²) >= 11 is 2.54. The van der Waals surface area contributed by atoms with Crippen LogP contribution in [0.2, 0.25) is 0 Å². The maximum absolute atomic E-state index is 13.0. The number of alkyl halides is 3. The predicted octanol–water partition coefficient (Wildman–Crippen LogP) is 4.18. The van der Waals surface area contributed by atoms with Crippen molar-refractivity contribution in [3.63, 3.8) is 0 Å². The minimum atomic E-state index is -4.83. The third kappa shape index (κ3) is 4.79. The molecule has 0 saturated carbocycles. The summed E-state index contributed by atoms with van der Waals surface area (Å²) in [6.45, 7) is 1.81. The van der Waals surface area contributed by atoms with E-state index >= 15 is 0 Å². The minimum absolute atomic E-state index is 0.117. The molecule has 4 N–H and O–H groups in total. The van der Waals surface area contributed by atoms with Crippen LogP contribution in [0.1, 0.15) is 28.7 Å². The second kappa shape index (κ2) is 9.13. The van der Waals surface area contributed by atoms with Crippen LogP contribution in [0.25, 0.3) is 10.2 Å². The molecule has 1 aliphatic heterocycles. The summed E-state index contributed by atoms with van der Waals surface area (Å²) in [7, 11) is 0. The maximum Gasteiger partial charge on any atom is 0.449 e. The van der Waals surface area contributed by atoms with Crippen LogP contribution in [0, 0.1) is 10.8 Å². The molecular weight excluding hydrogens is 493 g/mol. The van der Waals surface area contributed by atoms with Crippen molar-refractivity contribution in [1.82, 2.24) is 19.9 Å². The lowest BCUT2D eigenvalue weighted by molar-refractivity contribution is -0.0671. The molecule has 3 aromatic heterocycles. The van der Waals surface area contributed by atoms with Gasteiger partial charge in [-0.05, 0) is 12.5 Å². The molecule has 0 amide bonds. The van der Waals surface area contributed by atoms with E-state index in [1.165, 1.54) is 16.7 Å². The number of aromatic carboxylic acids is 1. The van der Waals surface area contributed by atoms with Gasteiger partial charge < -0.3 is 14.9 Å². The molecule has 0 aliphatic carbocycles. The van der Waals surface area contributed by atoms with Gasteiger partial charge in [-0.15, -0.1) is 22.7 Å². The summed E-state index contributed by atoms with van der Waals surface area (Å²) in [6, 6.07) is 1.95.